The highest BCUT2D eigenvalue weighted by Crippen LogP contribution is 2.15. The van der Waals surface area contributed by atoms with Crippen molar-refractivity contribution in [3.63, 3.8) is 0 Å². The van der Waals surface area contributed by atoms with Gasteiger partial charge >= 0.3 is 0 Å². The number of aromatic nitrogens is 3. The molecule has 0 unspecified atom stereocenters. The number of hydrogen-bond acceptors (Lipinski definition) is 5. The maximum Gasteiger partial charge on any atom is 0.193 e. The largest absolute Gasteiger partial charge is 0.361 e. The van der Waals surface area contributed by atoms with Gasteiger partial charge in [-0.15, -0.1) is 11.3 Å². The summed E-state index contributed by atoms with van der Waals surface area (Å²) >= 11 is 1.63. The number of rotatable bonds is 6. The molecule has 3 aromatic heterocycles. The van der Waals surface area contributed by atoms with Gasteiger partial charge in [0.1, 0.15) is 5.76 Å². The summed E-state index contributed by atoms with van der Waals surface area (Å²) in [4.78, 5) is 9.82. The van der Waals surface area contributed by atoms with Crippen molar-refractivity contribution in [1.82, 2.24) is 25.2 Å². The first-order chi connectivity index (χ1) is 11.7. The summed E-state index contributed by atoms with van der Waals surface area (Å²) in [7, 11) is 1.76. The summed E-state index contributed by atoms with van der Waals surface area (Å²) in [5.74, 6) is 1.67. The third kappa shape index (κ3) is 3.43. The molecule has 128 valence electrons. The first-order valence-electron chi connectivity index (χ1n) is 8.07. The van der Waals surface area contributed by atoms with E-state index in [0.29, 0.717) is 13.1 Å². The Kier molecular flexibility index (Phi) is 5.14. The maximum absolute atomic E-state index is 5.39. The van der Waals surface area contributed by atoms with Crippen molar-refractivity contribution in [3.05, 3.63) is 40.5 Å². The smallest absolute Gasteiger partial charge is 0.193 e. The van der Waals surface area contributed by atoms with E-state index >= 15 is 0 Å². The lowest BCUT2D eigenvalue weighted by Crippen LogP contribution is -2.36. The van der Waals surface area contributed by atoms with Crippen LogP contribution in [-0.4, -0.2) is 27.5 Å². The third-order valence-electron chi connectivity index (χ3n) is 3.84. The third-order valence-corrected chi connectivity index (χ3v) is 4.61. The predicted molar refractivity (Wildman–Crippen MR) is 95.4 cm³/mol. The molecule has 0 spiro atoms. The molecule has 0 aliphatic heterocycles. The summed E-state index contributed by atoms with van der Waals surface area (Å²) in [6.45, 7) is 5.42. The van der Waals surface area contributed by atoms with Crippen LogP contribution in [0.3, 0.4) is 0 Å². The zero-order chi connectivity index (χ0) is 16.9. The first kappa shape index (κ1) is 16.5. The normalized spacial score (nSPS) is 12.0. The molecule has 8 heteroatoms. The van der Waals surface area contributed by atoms with Crippen LogP contribution in [0.25, 0.3) is 4.96 Å². The van der Waals surface area contributed by atoms with Crippen LogP contribution < -0.4 is 10.6 Å². The summed E-state index contributed by atoms with van der Waals surface area (Å²) in [5.41, 5.74) is 3.12. The summed E-state index contributed by atoms with van der Waals surface area (Å²) in [6, 6.07) is 0. The van der Waals surface area contributed by atoms with Crippen molar-refractivity contribution >= 4 is 22.3 Å². The Morgan fingerprint density at radius 1 is 1.29 bits per heavy atom. The Morgan fingerprint density at radius 3 is 2.83 bits per heavy atom. The average molecular weight is 346 g/mol. The first-order valence-corrected chi connectivity index (χ1v) is 8.95. The Labute approximate surface area is 144 Å². The summed E-state index contributed by atoms with van der Waals surface area (Å²) in [6.07, 6.45) is 5.73. The highest BCUT2D eigenvalue weighted by Gasteiger charge is 2.13. The van der Waals surface area contributed by atoms with Gasteiger partial charge in [-0.1, -0.05) is 19.0 Å². The maximum atomic E-state index is 5.39. The second-order valence-corrected chi connectivity index (χ2v) is 6.22. The molecule has 3 aromatic rings. The van der Waals surface area contributed by atoms with Crippen LogP contribution >= 0.6 is 11.3 Å². The molecular weight excluding hydrogens is 324 g/mol. The Hall–Kier alpha value is -2.35. The molecule has 0 bridgehead atoms. The van der Waals surface area contributed by atoms with Crippen molar-refractivity contribution in [2.75, 3.05) is 7.05 Å². The van der Waals surface area contributed by atoms with E-state index in [-0.39, 0.29) is 0 Å². The quantitative estimate of drug-likeness (QED) is 0.529. The van der Waals surface area contributed by atoms with Crippen molar-refractivity contribution in [2.24, 2.45) is 4.99 Å². The fraction of sp³-hybridized carbons (Fsp3) is 0.438. The lowest BCUT2D eigenvalue weighted by molar-refractivity contribution is 0.380. The van der Waals surface area contributed by atoms with Gasteiger partial charge in [0.05, 0.1) is 17.9 Å². The monoisotopic (exact) mass is 346 g/mol. The molecule has 3 rings (SSSR count). The SMILES string of the molecule is CCc1noc(CC)c1CNC(=NC)NCc1cn2ccsc2n1. The predicted octanol–water partition coefficient (Wildman–Crippen LogP) is 2.37. The van der Waals surface area contributed by atoms with E-state index in [9.17, 15) is 0 Å². The van der Waals surface area contributed by atoms with E-state index in [0.717, 1.165) is 46.5 Å². The van der Waals surface area contributed by atoms with Gasteiger partial charge in [-0.2, -0.15) is 0 Å². The van der Waals surface area contributed by atoms with E-state index in [1.165, 1.54) is 0 Å². The molecule has 3 heterocycles. The van der Waals surface area contributed by atoms with Gasteiger partial charge < -0.3 is 15.2 Å². The van der Waals surface area contributed by atoms with Crippen LogP contribution in [0.4, 0.5) is 0 Å². The average Bonchev–Trinajstić information content (AvgIpc) is 3.28. The molecule has 0 fully saturated rings. The molecular formula is C16H22N6OS. The zero-order valence-corrected chi connectivity index (χ0v) is 15.0. The summed E-state index contributed by atoms with van der Waals surface area (Å²) < 4.78 is 7.42. The van der Waals surface area contributed by atoms with Gasteiger partial charge in [-0.3, -0.25) is 9.39 Å². The summed E-state index contributed by atoms with van der Waals surface area (Å²) in [5, 5.41) is 12.8. The van der Waals surface area contributed by atoms with Crippen molar-refractivity contribution in [3.8, 4) is 0 Å². The van der Waals surface area contributed by atoms with Crippen molar-refractivity contribution in [2.45, 2.75) is 39.8 Å². The minimum absolute atomic E-state index is 0.624. The lowest BCUT2D eigenvalue weighted by Gasteiger charge is -2.11. The molecule has 24 heavy (non-hydrogen) atoms. The number of nitrogens with zero attached hydrogens (tertiary/aromatic N) is 4. The van der Waals surface area contributed by atoms with Crippen LogP contribution in [0.15, 0.2) is 27.3 Å². The van der Waals surface area contributed by atoms with Gasteiger partial charge in [-0.05, 0) is 6.42 Å². The van der Waals surface area contributed by atoms with Gasteiger partial charge in [0.2, 0.25) is 0 Å². The molecule has 0 saturated heterocycles. The Morgan fingerprint density at radius 2 is 2.12 bits per heavy atom. The number of fused-ring (bicyclic) bond motifs is 1. The van der Waals surface area contributed by atoms with Gasteiger partial charge in [0.25, 0.3) is 0 Å². The van der Waals surface area contributed by atoms with Crippen LogP contribution in [0, 0.1) is 0 Å². The molecule has 0 aliphatic rings. The van der Waals surface area contributed by atoms with Crippen LogP contribution in [0.1, 0.15) is 36.6 Å². The van der Waals surface area contributed by atoms with Crippen LogP contribution in [-0.2, 0) is 25.9 Å². The Bertz CT molecular complexity index is 781. The van der Waals surface area contributed by atoms with E-state index in [1.807, 2.05) is 22.2 Å². The van der Waals surface area contributed by atoms with Crippen molar-refractivity contribution < 1.29 is 4.52 Å². The molecule has 0 atom stereocenters. The Balaban J connectivity index is 1.59. The minimum atomic E-state index is 0.624. The number of aliphatic imine (C=N–C) groups is 1. The second kappa shape index (κ2) is 7.48. The number of imidazole rings is 1. The molecule has 0 aliphatic carbocycles. The molecule has 0 amide bonds. The second-order valence-electron chi connectivity index (χ2n) is 5.34. The molecule has 0 radical (unpaired) electrons. The van der Waals surface area contributed by atoms with Crippen molar-refractivity contribution in [1.29, 1.82) is 0 Å². The highest BCUT2D eigenvalue weighted by molar-refractivity contribution is 7.15. The number of guanidine groups is 1. The zero-order valence-electron chi connectivity index (χ0n) is 14.2. The van der Waals surface area contributed by atoms with Crippen LogP contribution in [0.5, 0.6) is 0 Å². The van der Waals surface area contributed by atoms with E-state index in [1.54, 1.807) is 18.4 Å². The highest BCUT2D eigenvalue weighted by atomic mass is 32.1. The molecule has 0 saturated carbocycles. The van der Waals surface area contributed by atoms with E-state index < -0.39 is 0 Å². The molecule has 7 nitrogen and oxygen atoms in total. The van der Waals surface area contributed by atoms with Gasteiger partial charge in [-0.25, -0.2) is 4.98 Å². The van der Waals surface area contributed by atoms with E-state index in [2.05, 4.69) is 39.6 Å². The van der Waals surface area contributed by atoms with Gasteiger partial charge in [0.15, 0.2) is 10.9 Å². The number of nitrogens with one attached hydrogen (secondary N) is 2. The number of hydrogen-bond donors (Lipinski definition) is 2. The lowest BCUT2D eigenvalue weighted by atomic mass is 10.1. The number of thiazole rings is 1. The topological polar surface area (TPSA) is 79.8 Å². The van der Waals surface area contributed by atoms with Crippen LogP contribution in [0.2, 0.25) is 0 Å². The molecule has 0 aromatic carbocycles. The number of aryl methyl sites for hydroxylation is 2. The minimum Gasteiger partial charge on any atom is -0.361 e. The fourth-order valence-electron chi connectivity index (χ4n) is 2.57. The standard InChI is InChI=1S/C16H22N6OS/c1-4-13-12(14(5-2)23-21-13)9-19-15(17-3)18-8-11-10-22-6-7-24-16(22)20-11/h6-7,10H,4-5,8-9H2,1-3H3,(H2,17,18,19). The fourth-order valence-corrected chi connectivity index (χ4v) is 3.29. The van der Waals surface area contributed by atoms with E-state index in [4.69, 9.17) is 4.52 Å². The van der Waals surface area contributed by atoms with Gasteiger partial charge in [0, 0.05) is 43.4 Å². The molecule has 2 N–H and O–H groups in total.